The van der Waals surface area contributed by atoms with Gasteiger partial charge in [-0.15, -0.1) is 0 Å². The first kappa shape index (κ1) is 14.5. The normalized spacial score (nSPS) is 11.7. The molecule has 0 aliphatic rings. The molecule has 0 heterocycles. The summed E-state index contributed by atoms with van der Waals surface area (Å²) >= 11 is 1.20. The number of benzene rings is 1. The summed E-state index contributed by atoms with van der Waals surface area (Å²) in [5, 5.41) is 0.138. The smallest absolute Gasteiger partial charge is 0.342 e. The Labute approximate surface area is 111 Å². The summed E-state index contributed by atoms with van der Waals surface area (Å²) in [4.78, 5) is 23.9. The first-order valence-corrected chi connectivity index (χ1v) is 6.53. The first-order chi connectivity index (χ1) is 8.58. The second-order valence-corrected chi connectivity index (χ2v) is 4.90. The van der Waals surface area contributed by atoms with Gasteiger partial charge in [0.05, 0.1) is 11.8 Å². The molecule has 0 amide bonds. The second kappa shape index (κ2) is 7.01. The van der Waals surface area contributed by atoms with Gasteiger partial charge in [-0.2, -0.15) is 0 Å². The maximum absolute atomic E-state index is 11.7. The van der Waals surface area contributed by atoms with Crippen LogP contribution in [-0.4, -0.2) is 11.1 Å². The minimum Gasteiger partial charge on any atom is -0.432 e. The van der Waals surface area contributed by atoms with E-state index >= 15 is 0 Å². The summed E-state index contributed by atoms with van der Waals surface area (Å²) in [7, 11) is 0. The summed E-state index contributed by atoms with van der Waals surface area (Å²) in [5.74, 6) is -0.407. The number of carbonyl (C=O) groups is 2. The highest BCUT2D eigenvalue weighted by Crippen LogP contribution is 2.24. The van der Waals surface area contributed by atoms with E-state index in [1.54, 1.807) is 24.3 Å². The predicted molar refractivity (Wildman–Crippen MR) is 72.4 cm³/mol. The maximum atomic E-state index is 11.7. The van der Waals surface area contributed by atoms with Crippen molar-refractivity contribution in [1.82, 2.24) is 0 Å². The van der Waals surface area contributed by atoms with Gasteiger partial charge in [0, 0.05) is 10.8 Å². The Morgan fingerprint density at radius 1 is 1.39 bits per heavy atom. The van der Waals surface area contributed by atoms with E-state index in [1.807, 2.05) is 13.8 Å². The molecule has 18 heavy (non-hydrogen) atoms. The van der Waals surface area contributed by atoms with Crippen LogP contribution >= 0.6 is 11.8 Å². The van der Waals surface area contributed by atoms with Crippen molar-refractivity contribution in [2.45, 2.75) is 25.2 Å². The number of carbonyl (C=O) groups excluding carboxylic acids is 2. The molecule has 96 valence electrons. The number of thioether (sulfide) groups is 1. The molecule has 1 rings (SSSR count). The third kappa shape index (κ3) is 4.04. The number of esters is 1. The summed E-state index contributed by atoms with van der Waals surface area (Å²) < 4.78 is 4.66. The van der Waals surface area contributed by atoms with Crippen molar-refractivity contribution in [3.8, 4) is 0 Å². The van der Waals surface area contributed by atoms with Gasteiger partial charge in [0.1, 0.15) is 0 Å². The quantitative estimate of drug-likeness (QED) is 0.462. The van der Waals surface area contributed by atoms with Gasteiger partial charge < -0.3 is 4.74 Å². The van der Waals surface area contributed by atoms with Crippen molar-refractivity contribution in [3.63, 3.8) is 0 Å². The Balaban J connectivity index is 2.68. The van der Waals surface area contributed by atoms with Gasteiger partial charge in [0.2, 0.25) is 0 Å². The molecule has 1 aromatic rings. The molecule has 1 aromatic carbocycles. The molecule has 0 N–H and O–H groups in total. The lowest BCUT2D eigenvalue weighted by Gasteiger charge is -2.06. The lowest BCUT2D eigenvalue weighted by Crippen LogP contribution is -2.05. The zero-order valence-electron chi connectivity index (χ0n) is 10.5. The molecule has 1 atom stereocenters. The monoisotopic (exact) mass is 264 g/mol. The van der Waals surface area contributed by atoms with Crippen LogP contribution in [-0.2, 0) is 9.53 Å². The SMILES string of the molecule is C=COC(=O)c1ccc(SC(=O)C(C)CC)cc1. The fourth-order valence-electron chi connectivity index (χ4n) is 1.19. The molecule has 0 fully saturated rings. The highest BCUT2D eigenvalue weighted by atomic mass is 32.2. The van der Waals surface area contributed by atoms with E-state index in [9.17, 15) is 9.59 Å². The lowest BCUT2D eigenvalue weighted by molar-refractivity contribution is -0.113. The van der Waals surface area contributed by atoms with Crippen LogP contribution in [0.4, 0.5) is 0 Å². The summed E-state index contributed by atoms with van der Waals surface area (Å²) in [5.41, 5.74) is 0.440. The fraction of sp³-hybridized carbons (Fsp3) is 0.286. The number of hydrogen-bond donors (Lipinski definition) is 0. The van der Waals surface area contributed by atoms with Gasteiger partial charge in [-0.3, -0.25) is 4.79 Å². The molecule has 3 nitrogen and oxygen atoms in total. The van der Waals surface area contributed by atoms with E-state index in [-0.39, 0.29) is 11.0 Å². The topological polar surface area (TPSA) is 43.4 Å². The van der Waals surface area contributed by atoms with E-state index in [0.29, 0.717) is 5.56 Å². The minimum absolute atomic E-state index is 0.0420. The molecule has 0 aliphatic heterocycles. The Hall–Kier alpha value is -1.55. The molecular formula is C14H16O3S. The molecule has 0 aliphatic carbocycles. The van der Waals surface area contributed by atoms with E-state index in [1.165, 1.54) is 11.8 Å². The van der Waals surface area contributed by atoms with Crippen molar-refractivity contribution >= 4 is 22.8 Å². The minimum atomic E-state index is -0.449. The van der Waals surface area contributed by atoms with Crippen LogP contribution in [0.1, 0.15) is 30.6 Å². The van der Waals surface area contributed by atoms with E-state index in [0.717, 1.165) is 17.6 Å². The molecule has 0 spiro atoms. The Bertz CT molecular complexity index is 437. The van der Waals surface area contributed by atoms with Crippen LogP contribution in [0.15, 0.2) is 42.0 Å². The largest absolute Gasteiger partial charge is 0.432 e. The maximum Gasteiger partial charge on any atom is 0.342 e. The van der Waals surface area contributed by atoms with Crippen LogP contribution in [0, 0.1) is 5.92 Å². The summed E-state index contributed by atoms with van der Waals surface area (Å²) in [6.07, 6.45) is 1.92. The fourth-order valence-corrected chi connectivity index (χ4v) is 2.06. The Morgan fingerprint density at radius 2 is 2.00 bits per heavy atom. The molecule has 4 heteroatoms. The standard InChI is InChI=1S/C14H16O3S/c1-4-10(3)14(16)18-12-8-6-11(7-9-12)13(15)17-5-2/h5-10H,2,4H2,1,3H3. The van der Waals surface area contributed by atoms with Crippen LogP contribution in [0.5, 0.6) is 0 Å². The van der Waals surface area contributed by atoms with Gasteiger partial charge in [-0.1, -0.05) is 32.2 Å². The lowest BCUT2D eigenvalue weighted by atomic mass is 10.1. The van der Waals surface area contributed by atoms with Crippen molar-refractivity contribution in [3.05, 3.63) is 42.7 Å². The number of rotatable bonds is 5. The third-order valence-electron chi connectivity index (χ3n) is 2.51. The van der Waals surface area contributed by atoms with Crippen molar-refractivity contribution in [2.75, 3.05) is 0 Å². The van der Waals surface area contributed by atoms with Crippen molar-refractivity contribution in [1.29, 1.82) is 0 Å². The highest BCUT2D eigenvalue weighted by molar-refractivity contribution is 8.13. The predicted octanol–water partition coefficient (Wildman–Crippen LogP) is 3.65. The third-order valence-corrected chi connectivity index (χ3v) is 3.62. The van der Waals surface area contributed by atoms with E-state index in [4.69, 9.17) is 0 Å². The first-order valence-electron chi connectivity index (χ1n) is 5.72. The average Bonchev–Trinajstić information content (AvgIpc) is 2.38. The molecule has 0 aromatic heterocycles. The highest BCUT2D eigenvalue weighted by Gasteiger charge is 2.13. The summed E-state index contributed by atoms with van der Waals surface area (Å²) in [6.45, 7) is 7.21. The van der Waals surface area contributed by atoms with Crippen molar-refractivity contribution in [2.24, 2.45) is 5.92 Å². The van der Waals surface area contributed by atoms with Crippen LogP contribution < -0.4 is 0 Å². The Kier molecular flexibility index (Phi) is 5.65. The van der Waals surface area contributed by atoms with Crippen LogP contribution in [0.25, 0.3) is 0 Å². The molecule has 0 radical (unpaired) electrons. The molecule has 0 bridgehead atoms. The second-order valence-electron chi connectivity index (χ2n) is 3.83. The van der Waals surface area contributed by atoms with Gasteiger partial charge in [-0.25, -0.2) is 4.79 Å². The molecule has 1 unspecified atom stereocenters. The Morgan fingerprint density at radius 3 is 2.50 bits per heavy atom. The zero-order chi connectivity index (χ0) is 13.5. The summed E-state index contributed by atoms with van der Waals surface area (Å²) in [6, 6.07) is 6.76. The zero-order valence-corrected chi connectivity index (χ0v) is 11.3. The average molecular weight is 264 g/mol. The van der Waals surface area contributed by atoms with Gasteiger partial charge in [0.15, 0.2) is 5.12 Å². The molecular weight excluding hydrogens is 248 g/mol. The van der Waals surface area contributed by atoms with E-state index in [2.05, 4.69) is 11.3 Å². The molecule has 0 saturated heterocycles. The number of ether oxygens (including phenoxy) is 1. The van der Waals surface area contributed by atoms with Crippen LogP contribution in [0.2, 0.25) is 0 Å². The van der Waals surface area contributed by atoms with Gasteiger partial charge in [-0.05, 0) is 30.7 Å². The van der Waals surface area contributed by atoms with E-state index < -0.39 is 5.97 Å². The molecule has 0 saturated carbocycles. The van der Waals surface area contributed by atoms with Crippen LogP contribution in [0.3, 0.4) is 0 Å². The number of hydrogen-bond acceptors (Lipinski definition) is 4. The van der Waals surface area contributed by atoms with Crippen molar-refractivity contribution < 1.29 is 14.3 Å². The van der Waals surface area contributed by atoms with Gasteiger partial charge >= 0.3 is 5.97 Å². The van der Waals surface area contributed by atoms with Gasteiger partial charge in [0.25, 0.3) is 0 Å².